The van der Waals surface area contributed by atoms with E-state index in [9.17, 15) is 0 Å². The second-order valence-corrected chi connectivity index (χ2v) is 5.55. The van der Waals surface area contributed by atoms with E-state index in [0.717, 1.165) is 40.8 Å². The van der Waals surface area contributed by atoms with Crippen LogP contribution in [0.2, 0.25) is 0 Å². The standard InChI is InChI=1S/C12H18N4OS2/c1-4-8-10(19-9(13-8)6-7-17-3)11-14-15-12(18)16(11)5-2/h4-7H2,1-3H3,(H,15,18). The van der Waals surface area contributed by atoms with E-state index < -0.39 is 0 Å². The number of H-pyrrole nitrogens is 1. The van der Waals surface area contributed by atoms with Crippen LogP contribution in [-0.4, -0.2) is 33.5 Å². The zero-order chi connectivity index (χ0) is 13.8. The van der Waals surface area contributed by atoms with Crippen LogP contribution in [0.5, 0.6) is 0 Å². The van der Waals surface area contributed by atoms with Crippen LogP contribution in [0.1, 0.15) is 24.5 Å². The Hall–Kier alpha value is -1.05. The maximum atomic E-state index is 5.24. The highest BCUT2D eigenvalue weighted by Crippen LogP contribution is 2.29. The Kier molecular flexibility index (Phi) is 4.84. The van der Waals surface area contributed by atoms with Crippen molar-refractivity contribution in [3.63, 3.8) is 0 Å². The first kappa shape index (κ1) is 14.4. The van der Waals surface area contributed by atoms with Gasteiger partial charge in [0.2, 0.25) is 0 Å². The summed E-state index contributed by atoms with van der Waals surface area (Å²) in [6.45, 7) is 5.67. The van der Waals surface area contributed by atoms with Crippen molar-refractivity contribution in [1.29, 1.82) is 0 Å². The van der Waals surface area contributed by atoms with E-state index in [-0.39, 0.29) is 0 Å². The van der Waals surface area contributed by atoms with E-state index >= 15 is 0 Å². The lowest BCUT2D eigenvalue weighted by Gasteiger charge is -2.01. The third-order valence-electron chi connectivity index (χ3n) is 2.87. The van der Waals surface area contributed by atoms with Gasteiger partial charge in [-0.1, -0.05) is 6.92 Å². The summed E-state index contributed by atoms with van der Waals surface area (Å²) in [5.74, 6) is 0.894. The Morgan fingerprint density at radius 3 is 2.84 bits per heavy atom. The summed E-state index contributed by atoms with van der Waals surface area (Å²) in [5, 5.41) is 8.29. The van der Waals surface area contributed by atoms with Gasteiger partial charge < -0.3 is 4.74 Å². The molecule has 1 N–H and O–H groups in total. The second-order valence-electron chi connectivity index (χ2n) is 4.08. The molecule has 0 aliphatic heterocycles. The van der Waals surface area contributed by atoms with Crippen LogP contribution in [0.4, 0.5) is 0 Å². The van der Waals surface area contributed by atoms with Crippen LogP contribution in [0.15, 0.2) is 0 Å². The summed E-state index contributed by atoms with van der Waals surface area (Å²) in [6, 6.07) is 0. The predicted molar refractivity (Wildman–Crippen MR) is 79.2 cm³/mol. The number of thiazole rings is 1. The van der Waals surface area contributed by atoms with Gasteiger partial charge in [-0.25, -0.2) is 4.98 Å². The number of nitrogens with zero attached hydrogens (tertiary/aromatic N) is 3. The molecule has 0 unspecified atom stereocenters. The first-order valence-electron chi connectivity index (χ1n) is 6.34. The highest BCUT2D eigenvalue weighted by molar-refractivity contribution is 7.71. The summed E-state index contributed by atoms with van der Waals surface area (Å²) in [7, 11) is 1.71. The summed E-state index contributed by atoms with van der Waals surface area (Å²) in [4.78, 5) is 5.78. The number of nitrogens with one attached hydrogen (secondary N) is 1. The Morgan fingerprint density at radius 1 is 1.42 bits per heavy atom. The largest absolute Gasteiger partial charge is 0.384 e. The molecular formula is C12H18N4OS2. The van der Waals surface area contributed by atoms with E-state index in [1.807, 2.05) is 4.57 Å². The summed E-state index contributed by atoms with van der Waals surface area (Å²) >= 11 is 6.92. The number of hydrogen-bond acceptors (Lipinski definition) is 5. The Bertz CT molecular complexity index is 599. The Labute approximate surface area is 121 Å². The molecule has 2 aromatic heterocycles. The summed E-state index contributed by atoms with van der Waals surface area (Å²) in [5.41, 5.74) is 1.08. The Balaban J connectivity index is 2.42. The number of aromatic amines is 1. The molecule has 0 aliphatic rings. The smallest absolute Gasteiger partial charge is 0.195 e. The lowest BCUT2D eigenvalue weighted by atomic mass is 10.3. The van der Waals surface area contributed by atoms with Gasteiger partial charge in [0.05, 0.1) is 22.2 Å². The van der Waals surface area contributed by atoms with Gasteiger partial charge in [0.25, 0.3) is 0 Å². The maximum Gasteiger partial charge on any atom is 0.195 e. The highest BCUT2D eigenvalue weighted by Gasteiger charge is 2.16. The molecular weight excluding hydrogens is 280 g/mol. The molecule has 104 valence electrons. The fourth-order valence-corrected chi connectivity index (χ4v) is 3.29. The monoisotopic (exact) mass is 298 g/mol. The molecule has 2 rings (SSSR count). The van der Waals surface area contributed by atoms with Gasteiger partial charge >= 0.3 is 0 Å². The second kappa shape index (κ2) is 6.40. The van der Waals surface area contributed by atoms with Gasteiger partial charge in [0.15, 0.2) is 10.6 Å². The van der Waals surface area contributed by atoms with Crippen LogP contribution in [-0.2, 0) is 24.1 Å². The van der Waals surface area contributed by atoms with Crippen molar-refractivity contribution in [2.75, 3.05) is 13.7 Å². The van der Waals surface area contributed by atoms with E-state index in [1.165, 1.54) is 0 Å². The van der Waals surface area contributed by atoms with Gasteiger partial charge in [0, 0.05) is 20.1 Å². The van der Waals surface area contributed by atoms with Crippen molar-refractivity contribution in [2.45, 2.75) is 33.2 Å². The fourth-order valence-electron chi connectivity index (χ4n) is 1.90. The van der Waals surface area contributed by atoms with Crippen molar-refractivity contribution in [3.05, 3.63) is 15.5 Å². The van der Waals surface area contributed by atoms with Crippen molar-refractivity contribution in [2.24, 2.45) is 0 Å². The predicted octanol–water partition coefficient (Wildman–Crippen LogP) is 2.84. The SMILES string of the molecule is CCc1nc(CCOC)sc1-c1n[nH]c(=S)n1CC. The molecule has 0 amide bonds. The first-order chi connectivity index (χ1) is 9.21. The lowest BCUT2D eigenvalue weighted by molar-refractivity contribution is 0.202. The number of aromatic nitrogens is 4. The minimum Gasteiger partial charge on any atom is -0.384 e. The number of ether oxygens (including phenoxy) is 1. The molecule has 2 heterocycles. The number of rotatable bonds is 6. The average molecular weight is 298 g/mol. The molecule has 0 saturated heterocycles. The highest BCUT2D eigenvalue weighted by atomic mass is 32.1. The van der Waals surface area contributed by atoms with Crippen molar-refractivity contribution >= 4 is 23.6 Å². The molecule has 5 nitrogen and oxygen atoms in total. The minimum atomic E-state index is 0.659. The summed E-state index contributed by atoms with van der Waals surface area (Å²) < 4.78 is 7.77. The molecule has 0 bridgehead atoms. The molecule has 19 heavy (non-hydrogen) atoms. The minimum absolute atomic E-state index is 0.659. The molecule has 0 spiro atoms. The van der Waals surface area contributed by atoms with E-state index in [4.69, 9.17) is 17.0 Å². The van der Waals surface area contributed by atoms with Gasteiger partial charge in [-0.15, -0.1) is 11.3 Å². The first-order valence-corrected chi connectivity index (χ1v) is 7.56. The van der Waals surface area contributed by atoms with Gasteiger partial charge in [-0.05, 0) is 25.6 Å². The van der Waals surface area contributed by atoms with Crippen LogP contribution >= 0.6 is 23.6 Å². The van der Waals surface area contributed by atoms with E-state index in [1.54, 1.807) is 18.4 Å². The maximum absolute atomic E-state index is 5.24. The molecule has 0 aliphatic carbocycles. The van der Waals surface area contributed by atoms with Gasteiger partial charge in [-0.2, -0.15) is 5.10 Å². The quantitative estimate of drug-likeness (QED) is 0.833. The number of methoxy groups -OCH3 is 1. The molecule has 2 aromatic rings. The summed E-state index contributed by atoms with van der Waals surface area (Å²) in [6.07, 6.45) is 1.73. The van der Waals surface area contributed by atoms with E-state index in [0.29, 0.717) is 11.4 Å². The fraction of sp³-hybridized carbons (Fsp3) is 0.583. The zero-order valence-electron chi connectivity index (χ0n) is 11.4. The third-order valence-corrected chi connectivity index (χ3v) is 4.34. The van der Waals surface area contributed by atoms with Crippen LogP contribution in [0, 0.1) is 4.77 Å². The molecule has 7 heteroatoms. The molecule has 0 atom stereocenters. The average Bonchev–Trinajstić information content (AvgIpc) is 2.99. The zero-order valence-corrected chi connectivity index (χ0v) is 13.0. The number of aryl methyl sites for hydroxylation is 1. The van der Waals surface area contributed by atoms with Crippen LogP contribution in [0.25, 0.3) is 10.7 Å². The van der Waals surface area contributed by atoms with Gasteiger partial charge in [0.1, 0.15) is 0 Å². The lowest BCUT2D eigenvalue weighted by Crippen LogP contribution is -1.98. The van der Waals surface area contributed by atoms with Crippen molar-refractivity contribution in [1.82, 2.24) is 19.7 Å². The van der Waals surface area contributed by atoms with E-state index in [2.05, 4.69) is 29.0 Å². The number of hydrogen-bond donors (Lipinski definition) is 1. The van der Waals surface area contributed by atoms with Crippen LogP contribution < -0.4 is 0 Å². The Morgan fingerprint density at radius 2 is 2.21 bits per heavy atom. The molecule has 0 radical (unpaired) electrons. The molecule has 0 fully saturated rings. The molecule has 0 aromatic carbocycles. The van der Waals surface area contributed by atoms with Crippen molar-refractivity contribution in [3.8, 4) is 10.7 Å². The topological polar surface area (TPSA) is 55.7 Å². The van der Waals surface area contributed by atoms with Crippen LogP contribution in [0.3, 0.4) is 0 Å². The third kappa shape index (κ3) is 2.93. The van der Waals surface area contributed by atoms with Crippen molar-refractivity contribution < 1.29 is 4.74 Å². The normalized spacial score (nSPS) is 11.1. The van der Waals surface area contributed by atoms with Gasteiger partial charge in [-0.3, -0.25) is 9.67 Å². The molecule has 0 saturated carbocycles.